The van der Waals surface area contributed by atoms with Gasteiger partial charge in [-0.3, -0.25) is 19.6 Å². The van der Waals surface area contributed by atoms with Crippen LogP contribution in [-0.4, -0.2) is 22.1 Å². The van der Waals surface area contributed by atoms with Crippen LogP contribution in [0.5, 0.6) is 0 Å². The number of halogens is 1. The lowest BCUT2D eigenvalue weighted by Crippen LogP contribution is -2.29. The van der Waals surface area contributed by atoms with Gasteiger partial charge in [-0.15, -0.1) is 0 Å². The first kappa shape index (κ1) is 14.9. The molecule has 1 amide bonds. The quantitative estimate of drug-likeness (QED) is 0.499. The first-order valence-electron chi connectivity index (χ1n) is 6.12. The number of hydrogen-bond donors (Lipinski definition) is 2. The molecule has 3 N–H and O–H groups in total. The molecule has 2 aromatic rings. The van der Waals surface area contributed by atoms with Gasteiger partial charge in [0.15, 0.2) is 0 Å². The Bertz CT molecular complexity index is 667. The van der Waals surface area contributed by atoms with Gasteiger partial charge in [-0.05, 0) is 24.1 Å². The third-order valence-corrected chi connectivity index (χ3v) is 3.14. The molecule has 110 valence electrons. The number of nitrogens with zero attached hydrogens (tertiary/aromatic N) is 2. The summed E-state index contributed by atoms with van der Waals surface area (Å²) in [6, 6.07) is 8.41. The molecule has 0 saturated heterocycles. The Morgan fingerprint density at radius 2 is 2.05 bits per heavy atom. The molecule has 7 nitrogen and oxygen atoms in total. The van der Waals surface area contributed by atoms with Crippen LogP contribution in [0.3, 0.4) is 0 Å². The molecule has 0 unspecified atom stereocenters. The van der Waals surface area contributed by atoms with Crippen LogP contribution in [0, 0.1) is 10.1 Å². The van der Waals surface area contributed by atoms with E-state index in [0.717, 1.165) is 22.5 Å². The Morgan fingerprint density at radius 3 is 2.62 bits per heavy atom. The van der Waals surface area contributed by atoms with E-state index in [4.69, 9.17) is 17.4 Å². The number of carbonyl (C=O) groups excluding carboxylic acids is 1. The predicted octanol–water partition coefficient (Wildman–Crippen LogP) is 1.74. The maximum absolute atomic E-state index is 11.9. The summed E-state index contributed by atoms with van der Waals surface area (Å²) in [5.41, 5.74) is 0.840. The van der Waals surface area contributed by atoms with Gasteiger partial charge in [0, 0.05) is 17.6 Å². The number of nitrogen functional groups attached to an aromatic ring is 1. The Labute approximate surface area is 125 Å². The van der Waals surface area contributed by atoms with Crippen molar-refractivity contribution in [2.24, 2.45) is 0 Å². The fraction of sp³-hybridized carbons (Fsp3) is 0.154. The number of carbonyl (C=O) groups is 1. The highest BCUT2D eigenvalue weighted by Gasteiger charge is 2.17. The third-order valence-electron chi connectivity index (χ3n) is 2.89. The van der Waals surface area contributed by atoms with E-state index in [1.165, 1.54) is 0 Å². The number of amides is 1. The summed E-state index contributed by atoms with van der Waals surface area (Å²) in [6.07, 6.45) is 1.71. The zero-order valence-corrected chi connectivity index (χ0v) is 11.7. The largest absolute Gasteiger partial charge is 0.350 e. The van der Waals surface area contributed by atoms with Gasteiger partial charge in [0.05, 0.1) is 4.92 Å². The first-order chi connectivity index (χ1) is 9.97. The van der Waals surface area contributed by atoms with Gasteiger partial charge >= 0.3 is 0 Å². The Balaban J connectivity index is 1.92. The molecule has 0 aliphatic heterocycles. The van der Waals surface area contributed by atoms with Crippen molar-refractivity contribution in [3.8, 4) is 0 Å². The van der Waals surface area contributed by atoms with E-state index in [9.17, 15) is 14.9 Å². The Morgan fingerprint density at radius 1 is 1.38 bits per heavy atom. The second kappa shape index (κ2) is 6.27. The lowest BCUT2D eigenvalue weighted by molar-refractivity contribution is -0.384. The SMILES string of the molecule is Nn1cc([N+](=O)[O-])cc1C(=O)NCCc1ccc(Cl)cc1. The molecule has 0 bridgehead atoms. The fourth-order valence-electron chi connectivity index (χ4n) is 1.81. The van der Waals surface area contributed by atoms with Crippen LogP contribution in [0.15, 0.2) is 36.5 Å². The minimum absolute atomic E-state index is 0.0396. The summed E-state index contributed by atoms with van der Waals surface area (Å²) < 4.78 is 0.940. The van der Waals surface area contributed by atoms with E-state index in [2.05, 4.69) is 5.32 Å². The number of rotatable bonds is 5. The lowest BCUT2D eigenvalue weighted by Gasteiger charge is -2.05. The van der Waals surface area contributed by atoms with Gasteiger partial charge < -0.3 is 11.2 Å². The summed E-state index contributed by atoms with van der Waals surface area (Å²) in [6.45, 7) is 0.388. The van der Waals surface area contributed by atoms with E-state index in [1.807, 2.05) is 12.1 Å². The van der Waals surface area contributed by atoms with Gasteiger partial charge in [0.2, 0.25) is 0 Å². The highest BCUT2D eigenvalue weighted by Crippen LogP contribution is 2.14. The molecule has 0 aliphatic rings. The van der Waals surface area contributed by atoms with Crippen LogP contribution < -0.4 is 11.2 Å². The lowest BCUT2D eigenvalue weighted by atomic mass is 10.1. The number of nitrogens with two attached hydrogens (primary N) is 1. The molecular formula is C13H13ClN4O3. The highest BCUT2D eigenvalue weighted by atomic mass is 35.5. The number of benzene rings is 1. The first-order valence-corrected chi connectivity index (χ1v) is 6.49. The van der Waals surface area contributed by atoms with Crippen molar-refractivity contribution in [1.29, 1.82) is 0 Å². The molecular weight excluding hydrogens is 296 g/mol. The number of aromatic nitrogens is 1. The Kier molecular flexibility index (Phi) is 4.44. The summed E-state index contributed by atoms with van der Waals surface area (Å²) in [5.74, 6) is 5.06. The summed E-state index contributed by atoms with van der Waals surface area (Å²) >= 11 is 5.78. The van der Waals surface area contributed by atoms with E-state index in [0.29, 0.717) is 18.0 Å². The second-order valence-corrected chi connectivity index (χ2v) is 4.82. The maximum atomic E-state index is 11.9. The van der Waals surface area contributed by atoms with E-state index < -0.39 is 10.8 Å². The number of hydrogen-bond acceptors (Lipinski definition) is 4. The monoisotopic (exact) mass is 308 g/mol. The maximum Gasteiger partial charge on any atom is 0.289 e. The topological polar surface area (TPSA) is 103 Å². The van der Waals surface area contributed by atoms with Crippen LogP contribution in [0.25, 0.3) is 0 Å². The predicted molar refractivity (Wildman–Crippen MR) is 78.7 cm³/mol. The molecule has 1 heterocycles. The van der Waals surface area contributed by atoms with Crippen molar-refractivity contribution in [1.82, 2.24) is 9.99 Å². The molecule has 0 fully saturated rings. The van der Waals surface area contributed by atoms with Gasteiger partial charge in [-0.1, -0.05) is 23.7 Å². The molecule has 0 saturated carbocycles. The van der Waals surface area contributed by atoms with Crippen LogP contribution in [0.4, 0.5) is 5.69 Å². The summed E-state index contributed by atoms with van der Waals surface area (Å²) in [7, 11) is 0. The third kappa shape index (κ3) is 3.73. The Hall–Kier alpha value is -2.54. The molecule has 1 aromatic carbocycles. The van der Waals surface area contributed by atoms with Crippen molar-refractivity contribution in [3.05, 3.63) is 62.9 Å². The zero-order chi connectivity index (χ0) is 15.4. The average molecular weight is 309 g/mol. The molecule has 2 rings (SSSR count). The smallest absolute Gasteiger partial charge is 0.289 e. The zero-order valence-electron chi connectivity index (χ0n) is 11.0. The fourth-order valence-corrected chi connectivity index (χ4v) is 1.93. The van der Waals surface area contributed by atoms with Gasteiger partial charge in [0.1, 0.15) is 11.9 Å². The average Bonchev–Trinajstić information content (AvgIpc) is 2.83. The highest BCUT2D eigenvalue weighted by molar-refractivity contribution is 6.30. The molecule has 0 aliphatic carbocycles. The normalized spacial score (nSPS) is 10.3. The summed E-state index contributed by atoms with van der Waals surface area (Å²) in [5, 5.41) is 13.9. The van der Waals surface area contributed by atoms with Crippen LogP contribution in [-0.2, 0) is 6.42 Å². The van der Waals surface area contributed by atoms with Crippen molar-refractivity contribution >= 4 is 23.2 Å². The number of nitrogens with one attached hydrogen (secondary N) is 1. The molecule has 0 atom stereocenters. The van der Waals surface area contributed by atoms with Gasteiger partial charge in [-0.25, -0.2) is 0 Å². The van der Waals surface area contributed by atoms with Crippen molar-refractivity contribution < 1.29 is 9.72 Å². The van der Waals surface area contributed by atoms with Crippen LogP contribution in [0.1, 0.15) is 16.1 Å². The minimum Gasteiger partial charge on any atom is -0.350 e. The molecule has 8 heteroatoms. The minimum atomic E-state index is -0.603. The standard InChI is InChI=1S/C13H13ClN4O3/c14-10-3-1-9(2-4-10)5-6-16-13(19)12-7-11(18(20)21)8-17(12)15/h1-4,7-8H,5-6,15H2,(H,16,19). The van der Waals surface area contributed by atoms with E-state index >= 15 is 0 Å². The molecule has 0 radical (unpaired) electrons. The van der Waals surface area contributed by atoms with Gasteiger partial charge in [-0.2, -0.15) is 0 Å². The van der Waals surface area contributed by atoms with Crippen molar-refractivity contribution in [2.45, 2.75) is 6.42 Å². The van der Waals surface area contributed by atoms with E-state index in [-0.39, 0.29) is 11.4 Å². The molecule has 21 heavy (non-hydrogen) atoms. The molecule has 0 spiro atoms. The van der Waals surface area contributed by atoms with Gasteiger partial charge in [0.25, 0.3) is 11.6 Å². The molecule has 1 aromatic heterocycles. The summed E-state index contributed by atoms with van der Waals surface area (Å²) in [4.78, 5) is 21.9. The number of nitro groups is 1. The van der Waals surface area contributed by atoms with Crippen molar-refractivity contribution in [2.75, 3.05) is 12.4 Å². The van der Waals surface area contributed by atoms with Crippen LogP contribution >= 0.6 is 11.6 Å². The van der Waals surface area contributed by atoms with E-state index in [1.54, 1.807) is 12.1 Å². The van der Waals surface area contributed by atoms with Crippen molar-refractivity contribution in [3.63, 3.8) is 0 Å². The second-order valence-electron chi connectivity index (χ2n) is 4.38. The van der Waals surface area contributed by atoms with Crippen LogP contribution in [0.2, 0.25) is 5.02 Å².